The molecule has 10 heavy (non-hydrogen) atoms. The largest absolute Gasteiger partial charge is 0.549 e. The van der Waals surface area contributed by atoms with E-state index in [9.17, 15) is 0 Å². The molecule has 0 unspecified atom stereocenters. The highest BCUT2D eigenvalue weighted by molar-refractivity contribution is 5.66. The summed E-state index contributed by atoms with van der Waals surface area (Å²) in [6.45, 7) is -0.389. The fraction of sp³-hybridized carbons (Fsp3) is 0.800. The Morgan fingerprint density at radius 1 is 1.50 bits per heavy atom. The Balaban J connectivity index is 0. The van der Waals surface area contributed by atoms with Crippen LogP contribution >= 0.6 is 0 Å². The maximum absolute atomic E-state index is 9.13. The fourth-order valence-corrected chi connectivity index (χ4v) is 0. The first kappa shape index (κ1) is 12.1. The van der Waals surface area contributed by atoms with E-state index in [1.807, 2.05) is 21.1 Å². The molecule has 0 bridgehead atoms. The summed E-state index contributed by atoms with van der Waals surface area (Å²) in [5.41, 5.74) is 4.51. The summed E-state index contributed by atoms with van der Waals surface area (Å²) in [6.07, 6.45) is 0. The average molecular weight is 149 g/mol. The van der Waals surface area contributed by atoms with Crippen molar-refractivity contribution in [3.05, 3.63) is 0 Å². The van der Waals surface area contributed by atoms with Gasteiger partial charge in [0.2, 0.25) is 0 Å². The third-order valence-electron chi connectivity index (χ3n) is 0.167. The van der Waals surface area contributed by atoms with Crippen molar-refractivity contribution in [1.82, 2.24) is 0 Å². The zero-order chi connectivity index (χ0) is 8.78. The molecule has 0 saturated carbocycles. The molecular weight excluding hydrogens is 134 g/mol. The Kier molecular flexibility index (Phi) is 6.23. The van der Waals surface area contributed by atoms with Crippen molar-refractivity contribution in [1.29, 1.82) is 0 Å². The number of aliphatic carboxylic acids is 1. The van der Waals surface area contributed by atoms with Crippen LogP contribution in [-0.2, 0) is 4.79 Å². The molecule has 0 aromatic carbocycles. The Labute approximate surface area is 60.8 Å². The molecule has 0 fully saturated rings. The van der Waals surface area contributed by atoms with E-state index in [1.165, 1.54) is 0 Å². The predicted octanol–water partition coefficient (Wildman–Crippen LogP) is -2.74. The van der Waals surface area contributed by atoms with Crippen LogP contribution in [0.5, 0.6) is 0 Å². The summed E-state index contributed by atoms with van der Waals surface area (Å²) >= 11 is 0. The number of rotatable bonds is 1. The van der Waals surface area contributed by atoms with Gasteiger partial charge in [0, 0.05) is 6.54 Å². The van der Waals surface area contributed by atoms with Crippen molar-refractivity contribution >= 4 is 5.97 Å². The highest BCUT2D eigenvalue weighted by atomic mass is 16.4. The molecule has 0 amide bonds. The Bertz CT molecular complexity index is 91.6. The molecule has 62 valence electrons. The molecule has 0 radical (unpaired) electrons. The highest BCUT2D eigenvalue weighted by Gasteiger charge is 1.89. The topological polar surface area (TPSA) is 92.2 Å². The van der Waals surface area contributed by atoms with Gasteiger partial charge in [-0.05, 0) is 0 Å². The monoisotopic (exact) mass is 149 g/mol. The van der Waals surface area contributed by atoms with Crippen LogP contribution in [0.3, 0.4) is 0 Å². The molecule has 0 rings (SSSR count). The van der Waals surface area contributed by atoms with Crippen molar-refractivity contribution in [3.8, 4) is 0 Å². The number of nitrogens with two attached hydrogens (primary N) is 2. The third kappa shape index (κ3) is 163. The van der Waals surface area contributed by atoms with Gasteiger partial charge in [-0.25, -0.2) is 0 Å². The van der Waals surface area contributed by atoms with Gasteiger partial charge in [0.15, 0.2) is 0 Å². The van der Waals surface area contributed by atoms with Crippen LogP contribution in [-0.4, -0.2) is 38.2 Å². The van der Waals surface area contributed by atoms with Crippen molar-refractivity contribution < 1.29 is 14.5 Å². The van der Waals surface area contributed by atoms with Gasteiger partial charge in [0.05, 0.1) is 27.1 Å². The summed E-state index contributed by atoms with van der Waals surface area (Å²) in [5.74, 6) is 4.07. The Hall–Kier alpha value is -0.650. The number of carboxylic acids is 1. The highest BCUT2D eigenvalue weighted by Crippen LogP contribution is 1.65. The van der Waals surface area contributed by atoms with Crippen LogP contribution in [0.15, 0.2) is 0 Å². The van der Waals surface area contributed by atoms with E-state index in [0.29, 0.717) is 4.59 Å². The minimum atomic E-state index is -1.22. The summed E-state index contributed by atoms with van der Waals surface area (Å²) in [7, 11) is 5.71. The Morgan fingerprint density at radius 2 is 1.60 bits per heavy atom. The van der Waals surface area contributed by atoms with Crippen LogP contribution in [0, 0.1) is 0 Å². The maximum atomic E-state index is 9.13. The lowest BCUT2D eigenvalue weighted by molar-refractivity contribution is -0.882. The van der Waals surface area contributed by atoms with Gasteiger partial charge < -0.3 is 15.6 Å². The molecule has 0 aliphatic heterocycles. The van der Waals surface area contributed by atoms with Gasteiger partial charge in [-0.15, -0.1) is 0 Å². The number of carbonyl (C=O) groups is 1. The maximum Gasteiger partial charge on any atom is 0.0851 e. The second-order valence-corrected chi connectivity index (χ2v) is 2.69. The van der Waals surface area contributed by atoms with E-state index in [0.717, 1.165) is 0 Å². The quantitative estimate of drug-likeness (QED) is 0.240. The van der Waals surface area contributed by atoms with E-state index < -0.39 is 5.97 Å². The van der Waals surface area contributed by atoms with Crippen LogP contribution in [0.4, 0.5) is 0 Å². The minimum Gasteiger partial charge on any atom is -0.549 e. The summed E-state index contributed by atoms with van der Waals surface area (Å²) in [6, 6.07) is 0. The molecule has 0 saturated heterocycles. The van der Waals surface area contributed by atoms with Gasteiger partial charge in [0.1, 0.15) is 0 Å². The molecule has 5 nitrogen and oxygen atoms in total. The fourth-order valence-electron chi connectivity index (χ4n) is 0. The van der Waals surface area contributed by atoms with E-state index in [-0.39, 0.29) is 6.54 Å². The molecule has 0 aromatic rings. The zero-order valence-corrected chi connectivity index (χ0v) is 6.63. The van der Waals surface area contributed by atoms with Gasteiger partial charge in [-0.2, -0.15) is 5.84 Å². The number of carbonyl (C=O) groups excluding carboxylic acids is 1. The average Bonchev–Trinajstić information content (AvgIpc) is 1.61. The second-order valence-electron chi connectivity index (χ2n) is 2.69. The second kappa shape index (κ2) is 5.16. The normalized spacial score (nSPS) is 9.70. The lowest BCUT2D eigenvalue weighted by atomic mass is 10.7. The smallest absolute Gasteiger partial charge is 0.0851 e. The van der Waals surface area contributed by atoms with Gasteiger partial charge in [-0.3, -0.25) is 4.59 Å². The van der Waals surface area contributed by atoms with Crippen LogP contribution < -0.4 is 16.7 Å². The summed E-state index contributed by atoms with van der Waals surface area (Å²) < 4.78 is 0.500. The van der Waals surface area contributed by atoms with E-state index in [4.69, 9.17) is 15.7 Å². The first-order valence-electron chi connectivity index (χ1n) is 2.77. The van der Waals surface area contributed by atoms with Gasteiger partial charge in [0.25, 0.3) is 0 Å². The summed E-state index contributed by atoms with van der Waals surface area (Å²) in [5, 5.41) is 9.13. The predicted molar refractivity (Wildman–Crippen MR) is 36.3 cm³/mol. The Morgan fingerprint density at radius 3 is 1.60 bits per heavy atom. The van der Waals surface area contributed by atoms with Crippen molar-refractivity contribution in [3.63, 3.8) is 0 Å². The van der Waals surface area contributed by atoms with Crippen molar-refractivity contribution in [2.45, 2.75) is 0 Å². The van der Waals surface area contributed by atoms with Crippen LogP contribution in [0.25, 0.3) is 0 Å². The molecule has 0 atom stereocenters. The molecule has 0 spiro atoms. The number of quaternary nitrogens is 1. The molecular formula is C5H15N3O2. The molecule has 0 aliphatic carbocycles. The zero-order valence-electron chi connectivity index (χ0n) is 6.63. The first-order valence-corrected chi connectivity index (χ1v) is 2.77. The number of nitrogens with zero attached hydrogens (tertiary/aromatic N) is 1. The van der Waals surface area contributed by atoms with Crippen molar-refractivity contribution in [2.24, 2.45) is 11.6 Å². The van der Waals surface area contributed by atoms with Crippen LogP contribution in [0.2, 0.25) is 0 Å². The SMILES string of the molecule is C[N+](C)(C)N.NCC(=O)[O-]. The minimum absolute atomic E-state index is 0.389. The third-order valence-corrected chi connectivity index (χ3v) is 0.167. The lowest BCUT2D eigenvalue weighted by Gasteiger charge is -2.12. The van der Waals surface area contributed by atoms with Gasteiger partial charge >= 0.3 is 0 Å². The van der Waals surface area contributed by atoms with Gasteiger partial charge in [-0.1, -0.05) is 0 Å². The van der Waals surface area contributed by atoms with E-state index in [2.05, 4.69) is 5.73 Å². The first-order chi connectivity index (χ1) is 4.27. The molecule has 0 aromatic heterocycles. The van der Waals surface area contributed by atoms with E-state index >= 15 is 0 Å². The molecule has 0 heterocycles. The molecule has 4 N–H and O–H groups in total. The molecule has 5 heteroatoms. The standard InChI is InChI=1S/C3H11N2.C2H5NO2/c1-5(2,3)4;3-1-2(4)5/h4H2,1-3H3;1,3H2,(H,4,5)/q+1;/p-1. The molecule has 0 aliphatic rings. The summed E-state index contributed by atoms with van der Waals surface area (Å²) in [4.78, 5) is 9.13. The lowest BCUT2D eigenvalue weighted by Crippen LogP contribution is -2.41. The number of carboxylic acid groups (broad SMARTS) is 1. The number of hydrogen-bond acceptors (Lipinski definition) is 4. The number of hydrogen-bond donors (Lipinski definition) is 2. The van der Waals surface area contributed by atoms with Crippen molar-refractivity contribution in [2.75, 3.05) is 27.7 Å². The van der Waals surface area contributed by atoms with Crippen LogP contribution in [0.1, 0.15) is 0 Å². The van der Waals surface area contributed by atoms with E-state index in [1.54, 1.807) is 0 Å².